The zero-order valence-electron chi connectivity index (χ0n) is 14.2. The Hall–Kier alpha value is -2.66. The van der Waals surface area contributed by atoms with Crippen molar-refractivity contribution in [3.63, 3.8) is 0 Å². The molecule has 0 saturated heterocycles. The molecule has 0 aliphatic rings. The number of nitrogens with two attached hydrogens (primary N) is 1. The first-order valence-corrected chi connectivity index (χ1v) is 7.84. The number of anilines is 1. The SMILES string of the molecule is Cc1ccccc1CN(C)[C@H](C)C(=O)Nc1ccc(C(N)=O)cc1. The standard InChI is InChI=1S/C19H23N3O2/c1-13-6-4-5-7-16(13)12-22(3)14(2)19(24)21-17-10-8-15(9-11-17)18(20)23/h4-11,14H,12H2,1-3H3,(H2,20,23)(H,21,24)/t14-/m1/s1. The fourth-order valence-electron chi connectivity index (χ4n) is 2.36. The van der Waals surface area contributed by atoms with Gasteiger partial charge in [-0.2, -0.15) is 0 Å². The molecule has 0 bridgehead atoms. The third-order valence-electron chi connectivity index (χ3n) is 4.16. The molecule has 2 amide bonds. The molecule has 0 aromatic heterocycles. The molecular formula is C19H23N3O2. The van der Waals surface area contributed by atoms with Crippen LogP contribution >= 0.6 is 0 Å². The summed E-state index contributed by atoms with van der Waals surface area (Å²) >= 11 is 0. The van der Waals surface area contributed by atoms with Crippen LogP contribution in [-0.4, -0.2) is 29.8 Å². The Labute approximate surface area is 142 Å². The van der Waals surface area contributed by atoms with E-state index in [1.807, 2.05) is 31.0 Å². The minimum Gasteiger partial charge on any atom is -0.366 e. The first-order valence-electron chi connectivity index (χ1n) is 7.84. The van der Waals surface area contributed by atoms with Gasteiger partial charge in [-0.05, 0) is 56.3 Å². The van der Waals surface area contributed by atoms with E-state index in [2.05, 4.69) is 24.4 Å². The molecule has 0 fully saturated rings. The van der Waals surface area contributed by atoms with Crippen LogP contribution in [0, 0.1) is 6.92 Å². The minimum absolute atomic E-state index is 0.0992. The first kappa shape index (κ1) is 17.7. The maximum atomic E-state index is 12.4. The van der Waals surface area contributed by atoms with Crippen LogP contribution in [-0.2, 0) is 11.3 Å². The molecule has 1 atom stereocenters. The Kier molecular flexibility index (Phi) is 5.71. The number of carbonyl (C=O) groups excluding carboxylic acids is 2. The van der Waals surface area contributed by atoms with Gasteiger partial charge in [-0.1, -0.05) is 24.3 Å². The van der Waals surface area contributed by atoms with Gasteiger partial charge in [0.2, 0.25) is 11.8 Å². The van der Waals surface area contributed by atoms with Crippen molar-refractivity contribution in [1.82, 2.24) is 4.90 Å². The Morgan fingerprint density at radius 1 is 1.12 bits per heavy atom. The third-order valence-corrected chi connectivity index (χ3v) is 4.16. The number of rotatable bonds is 6. The van der Waals surface area contributed by atoms with Crippen LogP contribution in [0.3, 0.4) is 0 Å². The highest BCUT2D eigenvalue weighted by atomic mass is 16.2. The molecular weight excluding hydrogens is 302 g/mol. The predicted molar refractivity (Wildman–Crippen MR) is 95.7 cm³/mol. The van der Waals surface area contributed by atoms with E-state index in [0.717, 1.165) is 0 Å². The lowest BCUT2D eigenvalue weighted by atomic mass is 10.1. The van der Waals surface area contributed by atoms with Crippen molar-refractivity contribution < 1.29 is 9.59 Å². The molecule has 0 unspecified atom stereocenters. The van der Waals surface area contributed by atoms with Crippen LogP contribution in [0.4, 0.5) is 5.69 Å². The second kappa shape index (κ2) is 7.75. The normalized spacial score (nSPS) is 12.0. The molecule has 5 heteroatoms. The van der Waals surface area contributed by atoms with Gasteiger partial charge in [0.05, 0.1) is 6.04 Å². The number of benzene rings is 2. The second-order valence-corrected chi connectivity index (χ2v) is 5.95. The van der Waals surface area contributed by atoms with Crippen LogP contribution in [0.1, 0.15) is 28.4 Å². The molecule has 0 aliphatic carbocycles. The molecule has 2 rings (SSSR count). The second-order valence-electron chi connectivity index (χ2n) is 5.95. The average Bonchev–Trinajstić information content (AvgIpc) is 2.56. The van der Waals surface area contributed by atoms with E-state index in [9.17, 15) is 9.59 Å². The number of nitrogens with zero attached hydrogens (tertiary/aromatic N) is 1. The van der Waals surface area contributed by atoms with Crippen molar-refractivity contribution in [3.8, 4) is 0 Å². The summed E-state index contributed by atoms with van der Waals surface area (Å²) in [5.74, 6) is -0.586. The number of likely N-dealkylation sites (N-methyl/N-ethyl adjacent to an activating group) is 1. The molecule has 2 aromatic carbocycles. The number of aryl methyl sites for hydroxylation is 1. The number of amides is 2. The van der Waals surface area contributed by atoms with Crippen LogP contribution in [0.2, 0.25) is 0 Å². The quantitative estimate of drug-likeness (QED) is 0.857. The lowest BCUT2D eigenvalue weighted by molar-refractivity contribution is -0.120. The fourth-order valence-corrected chi connectivity index (χ4v) is 2.36. The number of primary amides is 1. The van der Waals surface area contributed by atoms with Gasteiger partial charge in [-0.3, -0.25) is 14.5 Å². The highest BCUT2D eigenvalue weighted by Gasteiger charge is 2.18. The van der Waals surface area contributed by atoms with Gasteiger partial charge in [-0.25, -0.2) is 0 Å². The number of carbonyl (C=O) groups is 2. The van der Waals surface area contributed by atoms with E-state index in [-0.39, 0.29) is 11.9 Å². The van der Waals surface area contributed by atoms with Crippen LogP contribution in [0.5, 0.6) is 0 Å². The molecule has 0 aliphatic heterocycles. The van der Waals surface area contributed by atoms with E-state index in [1.165, 1.54) is 11.1 Å². The van der Waals surface area contributed by atoms with Gasteiger partial charge in [-0.15, -0.1) is 0 Å². The van der Waals surface area contributed by atoms with Crippen molar-refractivity contribution in [2.24, 2.45) is 5.73 Å². The molecule has 0 spiro atoms. The summed E-state index contributed by atoms with van der Waals surface area (Å²) in [5.41, 5.74) is 8.67. The van der Waals surface area contributed by atoms with Gasteiger partial charge < -0.3 is 11.1 Å². The molecule has 24 heavy (non-hydrogen) atoms. The van der Waals surface area contributed by atoms with Gasteiger partial charge >= 0.3 is 0 Å². The molecule has 0 heterocycles. The van der Waals surface area contributed by atoms with Gasteiger partial charge in [0, 0.05) is 17.8 Å². The predicted octanol–water partition coefficient (Wildman–Crippen LogP) is 2.55. The monoisotopic (exact) mass is 325 g/mol. The maximum absolute atomic E-state index is 12.4. The van der Waals surface area contributed by atoms with E-state index in [4.69, 9.17) is 5.73 Å². The Morgan fingerprint density at radius 3 is 2.33 bits per heavy atom. The number of nitrogens with one attached hydrogen (secondary N) is 1. The summed E-state index contributed by atoms with van der Waals surface area (Å²) in [5, 5.41) is 2.86. The van der Waals surface area contributed by atoms with Crippen molar-refractivity contribution in [2.45, 2.75) is 26.4 Å². The Bertz CT molecular complexity index is 726. The summed E-state index contributed by atoms with van der Waals surface area (Å²) < 4.78 is 0. The minimum atomic E-state index is -0.487. The molecule has 126 valence electrons. The molecule has 0 radical (unpaired) electrons. The largest absolute Gasteiger partial charge is 0.366 e. The van der Waals surface area contributed by atoms with Crippen molar-refractivity contribution in [2.75, 3.05) is 12.4 Å². The van der Waals surface area contributed by atoms with Crippen molar-refractivity contribution in [1.29, 1.82) is 0 Å². The maximum Gasteiger partial charge on any atom is 0.248 e. The lowest BCUT2D eigenvalue weighted by Crippen LogP contribution is -2.39. The Balaban J connectivity index is 1.98. The van der Waals surface area contributed by atoms with Crippen LogP contribution < -0.4 is 11.1 Å². The Morgan fingerprint density at radius 2 is 1.75 bits per heavy atom. The molecule has 5 nitrogen and oxygen atoms in total. The third kappa shape index (κ3) is 4.43. The van der Waals surface area contributed by atoms with E-state index >= 15 is 0 Å². The number of hydrogen-bond donors (Lipinski definition) is 2. The highest BCUT2D eigenvalue weighted by Crippen LogP contribution is 2.14. The first-order chi connectivity index (χ1) is 11.4. The fraction of sp³-hybridized carbons (Fsp3) is 0.263. The summed E-state index contributed by atoms with van der Waals surface area (Å²) in [6, 6.07) is 14.4. The smallest absolute Gasteiger partial charge is 0.248 e. The van der Waals surface area contributed by atoms with Crippen molar-refractivity contribution >= 4 is 17.5 Å². The summed E-state index contributed by atoms with van der Waals surface area (Å²) in [7, 11) is 1.92. The van der Waals surface area contributed by atoms with Gasteiger partial charge in [0.15, 0.2) is 0 Å². The highest BCUT2D eigenvalue weighted by molar-refractivity contribution is 5.96. The van der Waals surface area contributed by atoms with E-state index in [0.29, 0.717) is 17.8 Å². The van der Waals surface area contributed by atoms with E-state index < -0.39 is 5.91 Å². The van der Waals surface area contributed by atoms with E-state index in [1.54, 1.807) is 24.3 Å². The summed E-state index contributed by atoms with van der Waals surface area (Å²) in [4.78, 5) is 25.5. The lowest BCUT2D eigenvalue weighted by Gasteiger charge is -2.24. The molecule has 3 N–H and O–H groups in total. The van der Waals surface area contributed by atoms with Crippen LogP contribution in [0.25, 0.3) is 0 Å². The molecule has 0 saturated carbocycles. The zero-order valence-corrected chi connectivity index (χ0v) is 14.2. The molecule has 2 aromatic rings. The van der Waals surface area contributed by atoms with Crippen molar-refractivity contribution in [3.05, 3.63) is 65.2 Å². The van der Waals surface area contributed by atoms with Gasteiger partial charge in [0.1, 0.15) is 0 Å². The number of hydrogen-bond acceptors (Lipinski definition) is 3. The average molecular weight is 325 g/mol. The zero-order chi connectivity index (χ0) is 17.7. The summed E-state index contributed by atoms with van der Waals surface area (Å²) in [6.45, 7) is 4.63. The topological polar surface area (TPSA) is 75.4 Å². The van der Waals surface area contributed by atoms with Crippen LogP contribution in [0.15, 0.2) is 48.5 Å². The summed E-state index contributed by atoms with van der Waals surface area (Å²) in [6.07, 6.45) is 0. The van der Waals surface area contributed by atoms with Gasteiger partial charge in [0.25, 0.3) is 0 Å².